The third kappa shape index (κ3) is 1.78. The van der Waals surface area contributed by atoms with Crippen LogP contribution in [0.4, 0.5) is 0 Å². The maximum Gasteiger partial charge on any atom is 0.308 e. The SMILES string of the molecule is CN1CC(C(=O)O)C(c2ccc3[nH]ccc3c2)C1. The average molecular weight is 244 g/mol. The van der Waals surface area contributed by atoms with Crippen LogP contribution in [0.15, 0.2) is 30.5 Å². The van der Waals surface area contributed by atoms with Gasteiger partial charge < -0.3 is 15.0 Å². The van der Waals surface area contributed by atoms with Crippen molar-refractivity contribution in [3.63, 3.8) is 0 Å². The van der Waals surface area contributed by atoms with Crippen LogP contribution in [0.2, 0.25) is 0 Å². The van der Waals surface area contributed by atoms with Crippen LogP contribution in [0.25, 0.3) is 10.9 Å². The summed E-state index contributed by atoms with van der Waals surface area (Å²) in [5, 5.41) is 10.4. The molecular weight excluding hydrogens is 228 g/mol. The van der Waals surface area contributed by atoms with Crippen LogP contribution < -0.4 is 0 Å². The highest BCUT2D eigenvalue weighted by atomic mass is 16.4. The summed E-state index contributed by atoms with van der Waals surface area (Å²) >= 11 is 0. The molecule has 2 N–H and O–H groups in total. The van der Waals surface area contributed by atoms with Gasteiger partial charge in [-0.25, -0.2) is 0 Å². The fourth-order valence-corrected chi connectivity index (χ4v) is 2.89. The standard InChI is InChI=1S/C14H16N2O2/c1-16-7-11(12(8-16)14(17)18)9-2-3-13-10(6-9)4-5-15-13/h2-6,11-12,15H,7-8H2,1H3,(H,17,18). The van der Waals surface area contributed by atoms with Crippen molar-refractivity contribution in [2.75, 3.05) is 20.1 Å². The van der Waals surface area contributed by atoms with Gasteiger partial charge in [-0.2, -0.15) is 0 Å². The molecule has 0 spiro atoms. The molecule has 1 saturated heterocycles. The zero-order valence-electron chi connectivity index (χ0n) is 10.3. The smallest absolute Gasteiger partial charge is 0.308 e. The van der Waals surface area contributed by atoms with Gasteiger partial charge in [-0.15, -0.1) is 0 Å². The lowest BCUT2D eigenvalue weighted by Crippen LogP contribution is -2.21. The Morgan fingerprint density at radius 1 is 1.39 bits per heavy atom. The number of H-pyrrole nitrogens is 1. The largest absolute Gasteiger partial charge is 0.481 e. The number of aromatic nitrogens is 1. The highest BCUT2D eigenvalue weighted by Crippen LogP contribution is 2.33. The Morgan fingerprint density at radius 2 is 2.22 bits per heavy atom. The topological polar surface area (TPSA) is 56.3 Å². The van der Waals surface area contributed by atoms with E-state index in [-0.39, 0.29) is 11.8 Å². The monoisotopic (exact) mass is 244 g/mol. The molecule has 4 heteroatoms. The van der Waals surface area contributed by atoms with Gasteiger partial charge in [0.15, 0.2) is 0 Å². The summed E-state index contributed by atoms with van der Waals surface area (Å²) in [4.78, 5) is 16.6. The molecule has 3 rings (SSSR count). The van der Waals surface area contributed by atoms with Crippen LogP contribution in [-0.4, -0.2) is 41.1 Å². The molecule has 1 aliphatic rings. The first kappa shape index (κ1) is 11.3. The Balaban J connectivity index is 1.99. The lowest BCUT2D eigenvalue weighted by Gasteiger charge is -2.15. The van der Waals surface area contributed by atoms with Crippen molar-refractivity contribution in [2.24, 2.45) is 5.92 Å². The van der Waals surface area contributed by atoms with Crippen LogP contribution >= 0.6 is 0 Å². The number of aliphatic carboxylic acids is 1. The molecular formula is C14H16N2O2. The summed E-state index contributed by atoms with van der Waals surface area (Å²) in [6.45, 7) is 1.44. The molecule has 4 nitrogen and oxygen atoms in total. The van der Waals surface area contributed by atoms with Crippen LogP contribution in [0, 0.1) is 5.92 Å². The van der Waals surface area contributed by atoms with Gasteiger partial charge >= 0.3 is 5.97 Å². The molecule has 0 radical (unpaired) electrons. The summed E-state index contributed by atoms with van der Waals surface area (Å²) in [5.74, 6) is -0.906. The molecule has 1 fully saturated rings. The molecule has 1 aromatic carbocycles. The maximum atomic E-state index is 11.3. The van der Waals surface area contributed by atoms with Gasteiger partial charge in [0.05, 0.1) is 5.92 Å². The van der Waals surface area contributed by atoms with E-state index in [1.54, 1.807) is 0 Å². The number of hydrogen-bond acceptors (Lipinski definition) is 2. The second-order valence-electron chi connectivity index (χ2n) is 5.10. The lowest BCUT2D eigenvalue weighted by molar-refractivity contribution is -0.141. The van der Waals surface area contributed by atoms with E-state index in [9.17, 15) is 9.90 Å². The Kier molecular flexibility index (Phi) is 2.59. The minimum Gasteiger partial charge on any atom is -0.481 e. The first-order valence-corrected chi connectivity index (χ1v) is 6.13. The van der Waals surface area contributed by atoms with Crippen LogP contribution in [0.5, 0.6) is 0 Å². The Morgan fingerprint density at radius 3 is 3.00 bits per heavy atom. The van der Waals surface area contributed by atoms with Gasteiger partial charge in [0.2, 0.25) is 0 Å². The van der Waals surface area contributed by atoms with E-state index in [2.05, 4.69) is 16.0 Å². The molecule has 2 aromatic rings. The maximum absolute atomic E-state index is 11.3. The first-order chi connectivity index (χ1) is 8.65. The number of benzene rings is 1. The van der Waals surface area contributed by atoms with Gasteiger partial charge in [-0.1, -0.05) is 6.07 Å². The number of fused-ring (bicyclic) bond motifs is 1. The quantitative estimate of drug-likeness (QED) is 0.848. The van der Waals surface area contributed by atoms with Gasteiger partial charge in [-0.3, -0.25) is 4.79 Å². The molecule has 0 saturated carbocycles. The van der Waals surface area contributed by atoms with Gasteiger partial charge in [0.1, 0.15) is 0 Å². The van der Waals surface area contributed by atoms with Crippen molar-refractivity contribution >= 4 is 16.9 Å². The minimum absolute atomic E-state index is 0.0896. The van der Waals surface area contributed by atoms with E-state index in [4.69, 9.17) is 0 Å². The second kappa shape index (κ2) is 4.14. The van der Waals surface area contributed by atoms with Crippen molar-refractivity contribution in [1.29, 1.82) is 0 Å². The minimum atomic E-state index is -0.696. The van der Waals surface area contributed by atoms with Crippen molar-refractivity contribution in [3.05, 3.63) is 36.0 Å². The Bertz CT molecular complexity index is 590. The van der Waals surface area contributed by atoms with E-state index in [1.165, 1.54) is 0 Å². The zero-order chi connectivity index (χ0) is 12.7. The summed E-state index contributed by atoms with van der Waals surface area (Å²) in [7, 11) is 1.98. The number of likely N-dealkylation sites (tertiary alicyclic amines) is 1. The number of nitrogens with one attached hydrogen (secondary N) is 1. The highest BCUT2D eigenvalue weighted by molar-refractivity contribution is 5.80. The van der Waals surface area contributed by atoms with Crippen LogP contribution in [-0.2, 0) is 4.79 Å². The predicted octanol–water partition coefficient (Wildman–Crippen LogP) is 1.90. The first-order valence-electron chi connectivity index (χ1n) is 6.13. The zero-order valence-corrected chi connectivity index (χ0v) is 10.3. The van der Waals surface area contributed by atoms with Gasteiger partial charge in [-0.05, 0) is 36.2 Å². The number of likely N-dealkylation sites (N-methyl/N-ethyl adjacent to an activating group) is 1. The average Bonchev–Trinajstić information content (AvgIpc) is 2.93. The Hall–Kier alpha value is -1.81. The number of nitrogens with zero attached hydrogens (tertiary/aromatic N) is 1. The Labute approximate surface area is 105 Å². The van der Waals surface area contributed by atoms with E-state index >= 15 is 0 Å². The number of aromatic amines is 1. The molecule has 0 amide bonds. The summed E-state index contributed by atoms with van der Waals surface area (Å²) in [5.41, 5.74) is 2.22. The number of carboxylic acids is 1. The van der Waals surface area contributed by atoms with E-state index in [0.29, 0.717) is 6.54 Å². The molecule has 1 aliphatic heterocycles. The number of rotatable bonds is 2. The third-order valence-electron chi connectivity index (χ3n) is 3.83. The summed E-state index contributed by atoms with van der Waals surface area (Å²) in [6, 6.07) is 8.19. The highest BCUT2D eigenvalue weighted by Gasteiger charge is 2.36. The normalized spacial score (nSPS) is 24.7. The summed E-state index contributed by atoms with van der Waals surface area (Å²) < 4.78 is 0. The molecule has 2 heterocycles. The second-order valence-corrected chi connectivity index (χ2v) is 5.10. The van der Waals surface area contributed by atoms with Crippen molar-refractivity contribution in [3.8, 4) is 0 Å². The fraction of sp³-hybridized carbons (Fsp3) is 0.357. The van der Waals surface area contributed by atoms with Crippen LogP contribution in [0.1, 0.15) is 11.5 Å². The number of carbonyl (C=O) groups is 1. The number of carboxylic acid groups (broad SMARTS) is 1. The van der Waals surface area contributed by atoms with Crippen LogP contribution in [0.3, 0.4) is 0 Å². The van der Waals surface area contributed by atoms with Crippen molar-refractivity contribution in [1.82, 2.24) is 9.88 Å². The lowest BCUT2D eigenvalue weighted by atomic mass is 9.88. The third-order valence-corrected chi connectivity index (χ3v) is 3.83. The van der Waals surface area contributed by atoms with E-state index in [0.717, 1.165) is 23.0 Å². The molecule has 0 aliphatic carbocycles. The molecule has 18 heavy (non-hydrogen) atoms. The number of hydrogen-bond donors (Lipinski definition) is 2. The molecule has 94 valence electrons. The summed E-state index contributed by atoms with van der Waals surface area (Å²) in [6.07, 6.45) is 1.91. The van der Waals surface area contributed by atoms with E-state index < -0.39 is 5.97 Å². The molecule has 0 bridgehead atoms. The molecule has 1 aromatic heterocycles. The molecule has 2 unspecified atom stereocenters. The van der Waals surface area contributed by atoms with Gasteiger partial charge in [0.25, 0.3) is 0 Å². The van der Waals surface area contributed by atoms with Gasteiger partial charge in [0, 0.05) is 30.7 Å². The predicted molar refractivity (Wildman–Crippen MR) is 69.7 cm³/mol. The fourth-order valence-electron chi connectivity index (χ4n) is 2.89. The van der Waals surface area contributed by atoms with Crippen molar-refractivity contribution in [2.45, 2.75) is 5.92 Å². The van der Waals surface area contributed by atoms with Crippen molar-refractivity contribution < 1.29 is 9.90 Å². The molecule has 2 atom stereocenters. The van der Waals surface area contributed by atoms with E-state index in [1.807, 2.05) is 31.4 Å².